The van der Waals surface area contributed by atoms with Gasteiger partial charge in [-0.3, -0.25) is 9.59 Å². The molecule has 1 heterocycles. The third-order valence-corrected chi connectivity index (χ3v) is 4.14. The van der Waals surface area contributed by atoms with Crippen molar-refractivity contribution in [2.45, 2.75) is 6.92 Å². The molecule has 1 fully saturated rings. The number of carbonyl (C=O) groups excluding carboxylic acids is 2. The molecular formula is C13H13BrF2N2O2. The first kappa shape index (κ1) is 14.9. The van der Waals surface area contributed by atoms with Crippen LogP contribution in [0.3, 0.4) is 0 Å². The van der Waals surface area contributed by atoms with Crippen LogP contribution in [0, 0.1) is 23.5 Å². The quantitative estimate of drug-likeness (QED) is 0.831. The van der Waals surface area contributed by atoms with Crippen molar-refractivity contribution in [3.05, 3.63) is 33.8 Å². The number of amides is 2. The number of primary amides is 1. The summed E-state index contributed by atoms with van der Waals surface area (Å²) in [6.45, 7) is 2.11. The fourth-order valence-corrected chi connectivity index (χ4v) is 2.71. The van der Waals surface area contributed by atoms with Crippen LogP contribution in [0.25, 0.3) is 0 Å². The maximum atomic E-state index is 13.9. The van der Waals surface area contributed by atoms with E-state index in [-0.39, 0.29) is 23.5 Å². The minimum absolute atomic E-state index is 0.0148. The highest BCUT2D eigenvalue weighted by Gasteiger charge is 2.37. The first-order valence-corrected chi connectivity index (χ1v) is 6.84. The molecule has 4 nitrogen and oxygen atoms in total. The van der Waals surface area contributed by atoms with Crippen molar-refractivity contribution in [3.8, 4) is 0 Å². The second-order valence-corrected chi connectivity index (χ2v) is 5.77. The van der Waals surface area contributed by atoms with E-state index in [9.17, 15) is 18.4 Å². The van der Waals surface area contributed by atoms with E-state index in [1.165, 1.54) is 11.0 Å². The lowest BCUT2D eigenvalue weighted by Gasteiger charge is -2.17. The molecule has 20 heavy (non-hydrogen) atoms. The van der Waals surface area contributed by atoms with Crippen molar-refractivity contribution in [2.24, 2.45) is 17.6 Å². The summed E-state index contributed by atoms with van der Waals surface area (Å²) in [6, 6.07) is 2.21. The van der Waals surface area contributed by atoms with Crippen LogP contribution < -0.4 is 5.73 Å². The second kappa shape index (κ2) is 5.47. The summed E-state index contributed by atoms with van der Waals surface area (Å²) >= 11 is 2.92. The number of benzene rings is 1. The fourth-order valence-electron chi connectivity index (χ4n) is 2.38. The van der Waals surface area contributed by atoms with Crippen LogP contribution in [0.4, 0.5) is 8.78 Å². The lowest BCUT2D eigenvalue weighted by molar-refractivity contribution is -0.122. The maximum Gasteiger partial charge on any atom is 0.259 e. The largest absolute Gasteiger partial charge is 0.369 e. The highest BCUT2D eigenvalue weighted by molar-refractivity contribution is 9.10. The van der Waals surface area contributed by atoms with E-state index in [0.29, 0.717) is 0 Å². The number of rotatable bonds is 2. The van der Waals surface area contributed by atoms with E-state index in [2.05, 4.69) is 15.9 Å². The van der Waals surface area contributed by atoms with Crippen LogP contribution in [0.5, 0.6) is 0 Å². The maximum absolute atomic E-state index is 13.9. The summed E-state index contributed by atoms with van der Waals surface area (Å²) in [5, 5.41) is 0. The molecule has 1 aliphatic rings. The van der Waals surface area contributed by atoms with E-state index in [1.54, 1.807) is 6.92 Å². The Morgan fingerprint density at radius 2 is 2.00 bits per heavy atom. The Bertz CT molecular complexity index is 580. The molecular weight excluding hydrogens is 334 g/mol. The summed E-state index contributed by atoms with van der Waals surface area (Å²) in [5.41, 5.74) is 4.63. The molecule has 0 saturated carbocycles. The molecule has 0 radical (unpaired) electrons. The molecule has 108 valence electrons. The van der Waals surface area contributed by atoms with Gasteiger partial charge in [0.2, 0.25) is 5.91 Å². The molecule has 0 aliphatic carbocycles. The van der Waals surface area contributed by atoms with E-state index >= 15 is 0 Å². The first-order valence-electron chi connectivity index (χ1n) is 6.05. The van der Waals surface area contributed by atoms with Gasteiger partial charge >= 0.3 is 0 Å². The predicted molar refractivity (Wildman–Crippen MR) is 71.8 cm³/mol. The van der Waals surface area contributed by atoms with E-state index < -0.39 is 34.9 Å². The van der Waals surface area contributed by atoms with Crippen molar-refractivity contribution >= 4 is 27.7 Å². The minimum atomic E-state index is -0.940. The lowest BCUT2D eigenvalue weighted by atomic mass is 9.98. The van der Waals surface area contributed by atoms with Gasteiger partial charge < -0.3 is 10.6 Å². The molecule has 2 amide bonds. The molecule has 0 spiro atoms. The van der Waals surface area contributed by atoms with Gasteiger partial charge in [-0.25, -0.2) is 8.78 Å². The Morgan fingerprint density at radius 3 is 2.55 bits per heavy atom. The number of likely N-dealkylation sites (tertiary alicyclic amines) is 1. The molecule has 2 atom stereocenters. The van der Waals surface area contributed by atoms with Crippen LogP contribution >= 0.6 is 15.9 Å². The summed E-state index contributed by atoms with van der Waals surface area (Å²) in [7, 11) is 0. The average molecular weight is 347 g/mol. The molecule has 1 aromatic rings. The molecule has 1 aromatic carbocycles. The van der Waals surface area contributed by atoms with Crippen molar-refractivity contribution < 1.29 is 18.4 Å². The molecule has 0 bridgehead atoms. The number of nitrogens with two attached hydrogens (primary N) is 1. The zero-order valence-electron chi connectivity index (χ0n) is 10.7. The van der Waals surface area contributed by atoms with Gasteiger partial charge in [0.25, 0.3) is 5.91 Å². The molecule has 2 N–H and O–H groups in total. The van der Waals surface area contributed by atoms with Gasteiger partial charge in [-0.15, -0.1) is 0 Å². The van der Waals surface area contributed by atoms with Crippen LogP contribution in [0.2, 0.25) is 0 Å². The normalized spacial score (nSPS) is 22.1. The molecule has 1 aliphatic heterocycles. The van der Waals surface area contributed by atoms with Gasteiger partial charge in [-0.1, -0.05) is 6.92 Å². The van der Waals surface area contributed by atoms with Gasteiger partial charge in [0.15, 0.2) is 5.82 Å². The highest BCUT2D eigenvalue weighted by atomic mass is 79.9. The predicted octanol–water partition coefficient (Wildman–Crippen LogP) is 1.92. The monoisotopic (exact) mass is 346 g/mol. The lowest BCUT2D eigenvalue weighted by Crippen LogP contribution is -2.33. The Kier molecular flexibility index (Phi) is 4.08. The Morgan fingerprint density at radius 1 is 1.35 bits per heavy atom. The van der Waals surface area contributed by atoms with Crippen LogP contribution in [-0.4, -0.2) is 29.8 Å². The summed E-state index contributed by atoms with van der Waals surface area (Å²) in [4.78, 5) is 24.7. The second-order valence-electron chi connectivity index (χ2n) is 4.91. The number of halogens is 3. The third-order valence-electron chi connectivity index (χ3n) is 3.52. The van der Waals surface area contributed by atoms with Crippen LogP contribution in [-0.2, 0) is 4.79 Å². The third kappa shape index (κ3) is 2.54. The fraction of sp³-hybridized carbons (Fsp3) is 0.385. The Balaban J connectivity index is 2.30. The summed E-state index contributed by atoms with van der Waals surface area (Å²) in [5.74, 6) is -3.76. The van der Waals surface area contributed by atoms with Gasteiger partial charge in [-0.2, -0.15) is 0 Å². The zero-order valence-corrected chi connectivity index (χ0v) is 12.3. The SMILES string of the molecule is C[C@@H]1CN(C(=O)c2c(F)ccc(Br)c2F)C[C@H]1C(N)=O. The van der Waals surface area contributed by atoms with E-state index in [4.69, 9.17) is 5.73 Å². The van der Waals surface area contributed by atoms with Crippen LogP contribution in [0.15, 0.2) is 16.6 Å². The Labute approximate surface area is 123 Å². The van der Waals surface area contributed by atoms with Gasteiger partial charge in [0.1, 0.15) is 11.4 Å². The standard InChI is InChI=1S/C13H13BrF2N2O2/c1-6-4-18(5-7(6)12(17)19)13(20)10-9(15)3-2-8(14)11(10)16/h2-3,6-7H,4-5H2,1H3,(H2,17,19)/t6-,7-/m1/s1. The average Bonchev–Trinajstić information content (AvgIpc) is 2.76. The summed E-state index contributed by atoms with van der Waals surface area (Å²) < 4.78 is 27.6. The molecule has 0 unspecified atom stereocenters. The number of hydrogen-bond donors (Lipinski definition) is 1. The molecule has 0 aromatic heterocycles. The van der Waals surface area contributed by atoms with E-state index in [0.717, 1.165) is 6.07 Å². The molecule has 1 saturated heterocycles. The Hall–Kier alpha value is -1.50. The topological polar surface area (TPSA) is 63.4 Å². The number of nitrogens with zero attached hydrogens (tertiary/aromatic N) is 1. The number of hydrogen-bond acceptors (Lipinski definition) is 2. The smallest absolute Gasteiger partial charge is 0.259 e. The van der Waals surface area contributed by atoms with Crippen LogP contribution in [0.1, 0.15) is 17.3 Å². The van der Waals surface area contributed by atoms with Crippen molar-refractivity contribution in [3.63, 3.8) is 0 Å². The van der Waals surface area contributed by atoms with Crippen molar-refractivity contribution in [1.82, 2.24) is 4.90 Å². The van der Waals surface area contributed by atoms with Gasteiger partial charge in [-0.05, 0) is 34.0 Å². The summed E-state index contributed by atoms with van der Waals surface area (Å²) in [6.07, 6.45) is 0. The molecule has 2 rings (SSSR count). The first-order chi connectivity index (χ1) is 9.32. The van der Waals surface area contributed by atoms with Gasteiger partial charge in [0.05, 0.1) is 10.4 Å². The molecule has 7 heteroatoms. The highest BCUT2D eigenvalue weighted by Crippen LogP contribution is 2.27. The van der Waals surface area contributed by atoms with E-state index in [1.807, 2.05) is 0 Å². The zero-order chi connectivity index (χ0) is 15.0. The van der Waals surface area contributed by atoms with Crippen molar-refractivity contribution in [2.75, 3.05) is 13.1 Å². The van der Waals surface area contributed by atoms with Crippen molar-refractivity contribution in [1.29, 1.82) is 0 Å². The number of carbonyl (C=O) groups is 2. The van der Waals surface area contributed by atoms with Gasteiger partial charge in [0, 0.05) is 13.1 Å². The minimum Gasteiger partial charge on any atom is -0.369 e.